The lowest BCUT2D eigenvalue weighted by Gasteiger charge is -2.38. The van der Waals surface area contributed by atoms with Gasteiger partial charge in [-0.2, -0.15) is 0 Å². The molecule has 0 unspecified atom stereocenters. The molecule has 1 aliphatic heterocycles. The summed E-state index contributed by atoms with van der Waals surface area (Å²) in [6, 6.07) is 17.5. The highest BCUT2D eigenvalue weighted by atomic mass is 16.5. The molecule has 3 aromatic rings. The zero-order valence-corrected chi connectivity index (χ0v) is 17.6. The first kappa shape index (κ1) is 20.4. The predicted molar refractivity (Wildman–Crippen MR) is 118 cm³/mol. The molecule has 0 fully saturated rings. The molecule has 4 rings (SSSR count). The highest BCUT2D eigenvalue weighted by molar-refractivity contribution is 6.12. The number of nitrogens with zero attached hydrogens (tertiary/aromatic N) is 1. The number of ether oxygens (including phenoxy) is 3. The molecule has 0 spiro atoms. The first-order valence-electron chi connectivity index (χ1n) is 9.94. The minimum atomic E-state index is -0.690. The Morgan fingerprint density at radius 3 is 2.52 bits per heavy atom. The summed E-state index contributed by atoms with van der Waals surface area (Å²) in [4.78, 5) is 15.2. The van der Waals surface area contributed by atoms with Crippen LogP contribution in [0.2, 0.25) is 0 Å². The van der Waals surface area contributed by atoms with Crippen molar-refractivity contribution >= 4 is 17.3 Å². The van der Waals surface area contributed by atoms with E-state index in [2.05, 4.69) is 5.32 Å². The summed E-state index contributed by atoms with van der Waals surface area (Å²) in [5.74, 6) is 1.51. The number of amides is 1. The van der Waals surface area contributed by atoms with Gasteiger partial charge in [-0.3, -0.25) is 9.69 Å². The van der Waals surface area contributed by atoms with E-state index in [1.165, 1.54) is 7.11 Å². The summed E-state index contributed by atoms with van der Waals surface area (Å²) in [5, 5.41) is 14.1. The Labute approximate surface area is 180 Å². The van der Waals surface area contributed by atoms with Crippen molar-refractivity contribution in [1.29, 1.82) is 0 Å². The quantitative estimate of drug-likeness (QED) is 0.608. The number of aromatic hydroxyl groups is 1. The van der Waals surface area contributed by atoms with Gasteiger partial charge in [0.2, 0.25) is 0 Å². The minimum Gasteiger partial charge on any atom is -0.508 e. The SMILES string of the molecule is CCOc1ccc(O)c([C@@H]2Nc3ccccc3C(=O)N2c2ccc(OC)cc2OC)c1. The smallest absolute Gasteiger partial charge is 0.262 e. The van der Waals surface area contributed by atoms with Gasteiger partial charge in [0.15, 0.2) is 0 Å². The van der Waals surface area contributed by atoms with Gasteiger partial charge in [-0.25, -0.2) is 0 Å². The molecule has 7 nitrogen and oxygen atoms in total. The molecule has 160 valence electrons. The van der Waals surface area contributed by atoms with Gasteiger partial charge in [0.25, 0.3) is 5.91 Å². The molecule has 7 heteroatoms. The van der Waals surface area contributed by atoms with Crippen LogP contribution in [0.3, 0.4) is 0 Å². The monoisotopic (exact) mass is 420 g/mol. The second-order valence-corrected chi connectivity index (χ2v) is 6.96. The Morgan fingerprint density at radius 2 is 1.77 bits per heavy atom. The van der Waals surface area contributed by atoms with Gasteiger partial charge in [0.05, 0.1) is 32.1 Å². The molecule has 0 aliphatic carbocycles. The first-order valence-corrected chi connectivity index (χ1v) is 9.94. The summed E-state index contributed by atoms with van der Waals surface area (Å²) in [5.41, 5.74) is 2.26. The number of para-hydroxylation sites is 1. The number of carbonyl (C=O) groups excluding carboxylic acids is 1. The molecule has 2 N–H and O–H groups in total. The predicted octanol–water partition coefficient (Wildman–Crippen LogP) is 4.58. The van der Waals surface area contributed by atoms with Crippen molar-refractivity contribution in [2.24, 2.45) is 0 Å². The molecular weight excluding hydrogens is 396 g/mol. The van der Waals surface area contributed by atoms with Gasteiger partial charge in [0.1, 0.15) is 29.2 Å². The fourth-order valence-electron chi connectivity index (χ4n) is 3.71. The highest BCUT2D eigenvalue weighted by Crippen LogP contribution is 2.44. The van der Waals surface area contributed by atoms with Crippen LogP contribution >= 0.6 is 0 Å². The summed E-state index contributed by atoms with van der Waals surface area (Å²) in [6.45, 7) is 2.37. The van der Waals surface area contributed by atoms with E-state index in [1.54, 1.807) is 54.5 Å². The van der Waals surface area contributed by atoms with Crippen molar-refractivity contribution in [2.45, 2.75) is 13.1 Å². The van der Waals surface area contributed by atoms with Crippen LogP contribution in [0.1, 0.15) is 29.0 Å². The average molecular weight is 420 g/mol. The molecule has 1 atom stereocenters. The number of rotatable bonds is 6. The number of fused-ring (bicyclic) bond motifs is 1. The molecule has 1 heterocycles. The summed E-state index contributed by atoms with van der Waals surface area (Å²) in [7, 11) is 3.11. The number of hydrogen-bond donors (Lipinski definition) is 2. The van der Waals surface area contributed by atoms with Crippen LogP contribution in [-0.2, 0) is 0 Å². The first-order chi connectivity index (χ1) is 15.1. The third-order valence-corrected chi connectivity index (χ3v) is 5.18. The zero-order chi connectivity index (χ0) is 22.0. The van der Waals surface area contributed by atoms with Crippen molar-refractivity contribution in [3.8, 4) is 23.0 Å². The maximum atomic E-state index is 13.6. The standard InChI is InChI=1S/C24H24N2O5/c1-4-31-16-10-12-21(27)18(13-16)23-25-19-8-6-5-7-17(19)24(28)26(23)20-11-9-15(29-2)14-22(20)30-3/h5-14,23,25,27H,4H2,1-3H3/t23-/m1/s1. The fourth-order valence-corrected chi connectivity index (χ4v) is 3.71. The van der Waals surface area contributed by atoms with Crippen molar-refractivity contribution in [3.05, 3.63) is 71.8 Å². The number of carbonyl (C=O) groups is 1. The number of nitrogens with one attached hydrogen (secondary N) is 1. The Hall–Kier alpha value is -3.87. The Bertz CT molecular complexity index is 1110. The van der Waals surface area contributed by atoms with Crippen molar-refractivity contribution in [3.63, 3.8) is 0 Å². The van der Waals surface area contributed by atoms with Crippen LogP contribution < -0.4 is 24.4 Å². The van der Waals surface area contributed by atoms with Crippen LogP contribution in [0.15, 0.2) is 60.7 Å². The van der Waals surface area contributed by atoms with Crippen molar-refractivity contribution in [1.82, 2.24) is 0 Å². The normalized spacial score (nSPS) is 15.1. The Balaban J connectivity index is 1.90. The van der Waals surface area contributed by atoms with E-state index in [1.807, 2.05) is 25.1 Å². The number of phenolic OH excluding ortho intramolecular Hbond substituents is 1. The zero-order valence-electron chi connectivity index (χ0n) is 17.6. The van der Waals surface area contributed by atoms with E-state index < -0.39 is 6.17 Å². The summed E-state index contributed by atoms with van der Waals surface area (Å²) >= 11 is 0. The van der Waals surface area contributed by atoms with Gasteiger partial charge >= 0.3 is 0 Å². The van der Waals surface area contributed by atoms with Gasteiger partial charge < -0.3 is 24.6 Å². The van der Waals surface area contributed by atoms with E-state index in [0.717, 1.165) is 0 Å². The fraction of sp³-hybridized carbons (Fsp3) is 0.208. The van der Waals surface area contributed by atoms with Crippen LogP contribution in [0.5, 0.6) is 23.0 Å². The number of methoxy groups -OCH3 is 2. The maximum Gasteiger partial charge on any atom is 0.262 e. The molecule has 0 bridgehead atoms. The molecule has 1 amide bonds. The second kappa shape index (κ2) is 8.47. The largest absolute Gasteiger partial charge is 0.508 e. The molecule has 31 heavy (non-hydrogen) atoms. The van der Waals surface area contributed by atoms with Gasteiger partial charge in [-0.05, 0) is 49.4 Å². The molecule has 0 saturated carbocycles. The van der Waals surface area contributed by atoms with E-state index in [-0.39, 0.29) is 11.7 Å². The number of anilines is 2. The van der Waals surface area contributed by atoms with Gasteiger partial charge in [0, 0.05) is 17.3 Å². The maximum absolute atomic E-state index is 13.6. The molecular formula is C24H24N2O5. The summed E-state index contributed by atoms with van der Waals surface area (Å²) in [6.07, 6.45) is -0.690. The topological polar surface area (TPSA) is 80.3 Å². The minimum absolute atomic E-state index is 0.0469. The lowest BCUT2D eigenvalue weighted by molar-refractivity contribution is 0.0974. The van der Waals surface area contributed by atoms with E-state index >= 15 is 0 Å². The average Bonchev–Trinajstić information content (AvgIpc) is 2.80. The van der Waals surface area contributed by atoms with Crippen LogP contribution in [-0.4, -0.2) is 31.8 Å². The van der Waals surface area contributed by atoms with E-state index in [9.17, 15) is 9.90 Å². The van der Waals surface area contributed by atoms with E-state index in [4.69, 9.17) is 14.2 Å². The lowest BCUT2D eigenvalue weighted by Crippen LogP contribution is -2.43. The molecule has 0 aromatic heterocycles. The van der Waals surface area contributed by atoms with Crippen LogP contribution in [0.25, 0.3) is 0 Å². The van der Waals surface area contributed by atoms with E-state index in [0.29, 0.717) is 46.4 Å². The third kappa shape index (κ3) is 3.70. The lowest BCUT2D eigenvalue weighted by atomic mass is 10.0. The molecule has 1 aliphatic rings. The summed E-state index contributed by atoms with van der Waals surface area (Å²) < 4.78 is 16.5. The third-order valence-electron chi connectivity index (χ3n) is 5.18. The van der Waals surface area contributed by atoms with Crippen LogP contribution in [0, 0.1) is 0 Å². The van der Waals surface area contributed by atoms with Crippen LogP contribution in [0.4, 0.5) is 11.4 Å². The Kier molecular flexibility index (Phi) is 5.58. The van der Waals surface area contributed by atoms with Crippen molar-refractivity contribution in [2.75, 3.05) is 31.0 Å². The number of benzene rings is 3. The molecule has 0 saturated heterocycles. The second-order valence-electron chi connectivity index (χ2n) is 6.96. The molecule has 0 radical (unpaired) electrons. The number of hydrogen-bond acceptors (Lipinski definition) is 6. The van der Waals surface area contributed by atoms with Gasteiger partial charge in [-0.1, -0.05) is 12.1 Å². The Morgan fingerprint density at radius 1 is 1.00 bits per heavy atom. The highest BCUT2D eigenvalue weighted by Gasteiger charge is 2.37. The van der Waals surface area contributed by atoms with Gasteiger partial charge in [-0.15, -0.1) is 0 Å². The number of phenols is 1. The molecule has 3 aromatic carbocycles. The van der Waals surface area contributed by atoms with Crippen molar-refractivity contribution < 1.29 is 24.1 Å².